The van der Waals surface area contributed by atoms with E-state index in [-0.39, 0.29) is 0 Å². The van der Waals surface area contributed by atoms with E-state index in [1.165, 1.54) is 0 Å². The summed E-state index contributed by atoms with van der Waals surface area (Å²) >= 11 is 3.47. The Hall–Kier alpha value is -1.79. The van der Waals surface area contributed by atoms with Crippen molar-refractivity contribution in [1.82, 2.24) is 0 Å². The van der Waals surface area contributed by atoms with Gasteiger partial charge in [0.05, 0.1) is 11.3 Å². The third-order valence-electron chi connectivity index (χ3n) is 2.73. The molecule has 0 spiro atoms. The first-order chi connectivity index (χ1) is 8.60. The van der Waals surface area contributed by atoms with E-state index in [2.05, 4.69) is 27.3 Å². The van der Waals surface area contributed by atoms with Crippen LogP contribution in [0.1, 0.15) is 16.7 Å². The molecule has 0 saturated heterocycles. The van der Waals surface area contributed by atoms with E-state index < -0.39 is 0 Å². The van der Waals surface area contributed by atoms with Crippen LogP contribution in [0.2, 0.25) is 0 Å². The summed E-state index contributed by atoms with van der Waals surface area (Å²) in [6, 6.07) is 14.1. The molecule has 18 heavy (non-hydrogen) atoms. The lowest BCUT2D eigenvalue weighted by Crippen LogP contribution is -1.94. The van der Waals surface area contributed by atoms with Gasteiger partial charge in [-0.05, 0) is 55.3 Å². The number of nitrogens with zero attached hydrogens (tertiary/aromatic N) is 1. The van der Waals surface area contributed by atoms with E-state index in [9.17, 15) is 0 Å². The standard InChI is InChI=1S/C15H13BrN2/c1-10-3-6-15(12(7-10)9-17)18-13-4-5-14(16)11(2)8-13/h3-8,18H,1-2H3. The second-order valence-electron chi connectivity index (χ2n) is 4.25. The number of aryl methyl sites for hydroxylation is 2. The first-order valence-corrected chi connectivity index (χ1v) is 6.43. The molecule has 0 fully saturated rings. The molecular weight excluding hydrogens is 288 g/mol. The highest BCUT2D eigenvalue weighted by molar-refractivity contribution is 9.10. The van der Waals surface area contributed by atoms with E-state index in [0.29, 0.717) is 5.56 Å². The van der Waals surface area contributed by atoms with E-state index >= 15 is 0 Å². The zero-order chi connectivity index (χ0) is 13.1. The van der Waals surface area contributed by atoms with Crippen LogP contribution in [0, 0.1) is 25.2 Å². The molecule has 2 aromatic rings. The lowest BCUT2D eigenvalue weighted by molar-refractivity contribution is 1.39. The zero-order valence-corrected chi connectivity index (χ0v) is 11.9. The summed E-state index contributed by atoms with van der Waals surface area (Å²) in [5.74, 6) is 0. The van der Waals surface area contributed by atoms with Crippen LogP contribution in [0.15, 0.2) is 40.9 Å². The third kappa shape index (κ3) is 2.72. The molecule has 0 amide bonds. The number of anilines is 2. The number of hydrogen-bond donors (Lipinski definition) is 1. The summed E-state index contributed by atoms with van der Waals surface area (Å²) in [5, 5.41) is 12.4. The average Bonchev–Trinajstić information content (AvgIpc) is 2.36. The number of halogens is 1. The lowest BCUT2D eigenvalue weighted by atomic mass is 10.1. The fourth-order valence-corrected chi connectivity index (χ4v) is 1.98. The minimum Gasteiger partial charge on any atom is -0.354 e. The smallest absolute Gasteiger partial charge is 0.101 e. The number of benzene rings is 2. The summed E-state index contributed by atoms with van der Waals surface area (Å²) in [6.07, 6.45) is 0. The zero-order valence-electron chi connectivity index (χ0n) is 10.3. The van der Waals surface area contributed by atoms with Crippen LogP contribution in [0.25, 0.3) is 0 Å². The third-order valence-corrected chi connectivity index (χ3v) is 3.62. The lowest BCUT2D eigenvalue weighted by Gasteiger charge is -2.10. The van der Waals surface area contributed by atoms with Crippen LogP contribution in [-0.4, -0.2) is 0 Å². The van der Waals surface area contributed by atoms with Crippen LogP contribution in [0.5, 0.6) is 0 Å². The molecule has 1 N–H and O–H groups in total. The van der Waals surface area contributed by atoms with Gasteiger partial charge in [0.2, 0.25) is 0 Å². The molecule has 90 valence electrons. The topological polar surface area (TPSA) is 35.8 Å². The Kier molecular flexibility index (Phi) is 3.69. The Balaban J connectivity index is 2.34. The van der Waals surface area contributed by atoms with Crippen molar-refractivity contribution in [3.63, 3.8) is 0 Å². The quantitative estimate of drug-likeness (QED) is 0.874. The maximum Gasteiger partial charge on any atom is 0.101 e. The number of nitriles is 1. The molecule has 0 atom stereocenters. The highest BCUT2D eigenvalue weighted by Gasteiger charge is 2.03. The SMILES string of the molecule is Cc1ccc(Nc2ccc(Br)c(C)c2)c(C#N)c1. The van der Waals surface area contributed by atoms with Crippen LogP contribution < -0.4 is 5.32 Å². The molecule has 0 aliphatic carbocycles. The van der Waals surface area contributed by atoms with Gasteiger partial charge in [-0.25, -0.2) is 0 Å². The molecule has 0 aliphatic rings. The maximum atomic E-state index is 9.12. The summed E-state index contributed by atoms with van der Waals surface area (Å²) in [6.45, 7) is 4.02. The van der Waals surface area contributed by atoms with E-state index in [1.807, 2.05) is 50.2 Å². The van der Waals surface area contributed by atoms with E-state index in [4.69, 9.17) is 5.26 Å². The molecule has 0 aromatic heterocycles. The monoisotopic (exact) mass is 300 g/mol. The molecule has 0 aliphatic heterocycles. The molecule has 0 bridgehead atoms. The summed E-state index contributed by atoms with van der Waals surface area (Å²) < 4.78 is 1.08. The average molecular weight is 301 g/mol. The van der Waals surface area contributed by atoms with Gasteiger partial charge in [-0.1, -0.05) is 22.0 Å². The Morgan fingerprint density at radius 3 is 2.56 bits per heavy atom. The Labute approximate surface area is 115 Å². The van der Waals surface area contributed by atoms with Crippen molar-refractivity contribution < 1.29 is 0 Å². The van der Waals surface area contributed by atoms with E-state index in [0.717, 1.165) is 27.0 Å². The predicted octanol–water partition coefficient (Wildman–Crippen LogP) is 4.68. The fourth-order valence-electron chi connectivity index (χ4n) is 1.74. The summed E-state index contributed by atoms with van der Waals surface area (Å²) in [5.41, 5.74) is 4.73. The number of hydrogen-bond acceptors (Lipinski definition) is 2. The largest absolute Gasteiger partial charge is 0.354 e. The molecule has 0 heterocycles. The van der Waals surface area contributed by atoms with Gasteiger partial charge in [0.15, 0.2) is 0 Å². The number of nitrogens with one attached hydrogen (secondary N) is 1. The number of rotatable bonds is 2. The van der Waals surface area contributed by atoms with Crippen molar-refractivity contribution in [3.8, 4) is 6.07 Å². The summed E-state index contributed by atoms with van der Waals surface area (Å²) in [4.78, 5) is 0. The minimum absolute atomic E-state index is 0.663. The van der Waals surface area contributed by atoms with Gasteiger partial charge in [0, 0.05) is 10.2 Å². The molecule has 0 saturated carbocycles. The second-order valence-corrected chi connectivity index (χ2v) is 5.10. The van der Waals surface area contributed by atoms with Crippen LogP contribution >= 0.6 is 15.9 Å². The van der Waals surface area contributed by atoms with Crippen LogP contribution in [0.4, 0.5) is 11.4 Å². The van der Waals surface area contributed by atoms with Crippen LogP contribution in [-0.2, 0) is 0 Å². The highest BCUT2D eigenvalue weighted by Crippen LogP contribution is 2.25. The van der Waals surface area contributed by atoms with Crippen molar-refractivity contribution in [1.29, 1.82) is 5.26 Å². The Morgan fingerprint density at radius 2 is 1.89 bits per heavy atom. The van der Waals surface area contributed by atoms with Gasteiger partial charge < -0.3 is 5.32 Å². The summed E-state index contributed by atoms with van der Waals surface area (Å²) in [7, 11) is 0. The Bertz CT molecular complexity index is 627. The molecular formula is C15H13BrN2. The normalized spacial score (nSPS) is 9.89. The predicted molar refractivity (Wildman–Crippen MR) is 78.1 cm³/mol. The van der Waals surface area contributed by atoms with Gasteiger partial charge >= 0.3 is 0 Å². The molecule has 2 aromatic carbocycles. The second kappa shape index (κ2) is 5.24. The Morgan fingerprint density at radius 1 is 1.11 bits per heavy atom. The van der Waals surface area contributed by atoms with Crippen molar-refractivity contribution >= 4 is 27.3 Å². The first kappa shape index (κ1) is 12.7. The molecule has 2 nitrogen and oxygen atoms in total. The fraction of sp³-hybridized carbons (Fsp3) is 0.133. The first-order valence-electron chi connectivity index (χ1n) is 5.64. The van der Waals surface area contributed by atoms with Gasteiger partial charge in [-0.2, -0.15) is 5.26 Å². The van der Waals surface area contributed by atoms with Crippen molar-refractivity contribution in [2.45, 2.75) is 13.8 Å². The molecule has 3 heteroatoms. The molecule has 2 rings (SSSR count). The molecule has 0 radical (unpaired) electrons. The molecule has 0 unspecified atom stereocenters. The van der Waals surface area contributed by atoms with Crippen LogP contribution in [0.3, 0.4) is 0 Å². The highest BCUT2D eigenvalue weighted by atomic mass is 79.9. The van der Waals surface area contributed by atoms with Crippen molar-refractivity contribution in [2.24, 2.45) is 0 Å². The maximum absolute atomic E-state index is 9.12. The van der Waals surface area contributed by atoms with Crippen molar-refractivity contribution in [3.05, 3.63) is 57.6 Å². The minimum atomic E-state index is 0.663. The van der Waals surface area contributed by atoms with Gasteiger partial charge in [-0.3, -0.25) is 0 Å². The van der Waals surface area contributed by atoms with E-state index in [1.54, 1.807) is 0 Å². The van der Waals surface area contributed by atoms with Gasteiger partial charge in [0.1, 0.15) is 6.07 Å². The van der Waals surface area contributed by atoms with Gasteiger partial charge in [0.25, 0.3) is 0 Å². The van der Waals surface area contributed by atoms with Gasteiger partial charge in [-0.15, -0.1) is 0 Å². The van der Waals surface area contributed by atoms with Crippen molar-refractivity contribution in [2.75, 3.05) is 5.32 Å².